The number of aliphatic hydroxyl groups excluding tert-OH is 2. The molecule has 4 N–H and O–H groups in total. The number of hydrogen-bond donors (Lipinski definition) is 4. The lowest BCUT2D eigenvalue weighted by Crippen LogP contribution is -2.09. The molecule has 0 saturated heterocycles. The van der Waals surface area contributed by atoms with Gasteiger partial charge in [-0.25, -0.2) is 9.59 Å². The van der Waals surface area contributed by atoms with E-state index in [0.29, 0.717) is 9.79 Å². The van der Waals surface area contributed by atoms with Crippen molar-refractivity contribution in [2.45, 2.75) is 35.8 Å². The summed E-state index contributed by atoms with van der Waals surface area (Å²) in [5, 5.41) is 37.2. The molecule has 22 heavy (non-hydrogen) atoms. The highest BCUT2D eigenvalue weighted by molar-refractivity contribution is 7.99. The molecule has 0 amide bonds. The van der Waals surface area contributed by atoms with Crippen LogP contribution in [0.25, 0.3) is 0 Å². The van der Waals surface area contributed by atoms with Gasteiger partial charge in [0, 0.05) is 21.3 Å². The van der Waals surface area contributed by atoms with Crippen LogP contribution in [0.2, 0.25) is 0 Å². The van der Waals surface area contributed by atoms with E-state index < -0.39 is 24.1 Å². The SMILES string of the molecule is C[C@H](O)CSc1cc(C(=O)O)c(SC[C@H](C)O)cc1C(=O)O. The van der Waals surface area contributed by atoms with Crippen molar-refractivity contribution in [3.8, 4) is 0 Å². The molecule has 0 unspecified atom stereocenters. The van der Waals surface area contributed by atoms with Gasteiger partial charge < -0.3 is 20.4 Å². The van der Waals surface area contributed by atoms with Crippen LogP contribution in [-0.4, -0.2) is 56.1 Å². The Morgan fingerprint density at radius 2 is 1.23 bits per heavy atom. The second kappa shape index (κ2) is 8.42. The number of carboxylic acids is 2. The normalized spacial score (nSPS) is 13.6. The van der Waals surface area contributed by atoms with Gasteiger partial charge in [-0.15, -0.1) is 23.5 Å². The second-order valence-electron chi connectivity index (χ2n) is 4.77. The third kappa shape index (κ3) is 5.53. The summed E-state index contributed by atoms with van der Waals surface area (Å²) in [4.78, 5) is 23.3. The Bertz CT molecular complexity index is 507. The highest BCUT2D eigenvalue weighted by Gasteiger charge is 2.20. The maximum absolute atomic E-state index is 11.4. The zero-order valence-corrected chi connectivity index (χ0v) is 13.8. The van der Waals surface area contributed by atoms with Gasteiger partial charge in [0.05, 0.1) is 23.3 Å². The molecule has 0 fully saturated rings. The van der Waals surface area contributed by atoms with Crippen molar-refractivity contribution in [2.24, 2.45) is 0 Å². The first kappa shape index (κ1) is 18.8. The van der Waals surface area contributed by atoms with Crippen LogP contribution in [0.4, 0.5) is 0 Å². The van der Waals surface area contributed by atoms with Crippen molar-refractivity contribution in [2.75, 3.05) is 11.5 Å². The van der Waals surface area contributed by atoms with Crippen LogP contribution >= 0.6 is 23.5 Å². The summed E-state index contributed by atoms with van der Waals surface area (Å²) in [7, 11) is 0. The molecular weight excluding hydrogens is 328 g/mol. The molecular formula is C14H18O6S2. The minimum atomic E-state index is -1.16. The molecule has 122 valence electrons. The predicted molar refractivity (Wildman–Crippen MR) is 85.2 cm³/mol. The van der Waals surface area contributed by atoms with E-state index in [2.05, 4.69) is 0 Å². The Labute approximate surface area is 136 Å². The van der Waals surface area contributed by atoms with Crippen LogP contribution in [0, 0.1) is 0 Å². The number of hydrogen-bond acceptors (Lipinski definition) is 6. The minimum absolute atomic E-state index is 0.0104. The summed E-state index contributed by atoms with van der Waals surface area (Å²) in [6.07, 6.45) is -1.27. The molecule has 0 heterocycles. The fourth-order valence-electron chi connectivity index (χ4n) is 1.55. The lowest BCUT2D eigenvalue weighted by molar-refractivity contribution is 0.0675. The quantitative estimate of drug-likeness (QED) is 0.529. The molecule has 1 rings (SSSR count). The van der Waals surface area contributed by atoms with Gasteiger partial charge in [0.25, 0.3) is 0 Å². The van der Waals surface area contributed by atoms with Crippen LogP contribution in [0.3, 0.4) is 0 Å². The number of benzene rings is 1. The molecule has 6 nitrogen and oxygen atoms in total. The number of thioether (sulfide) groups is 2. The average Bonchev–Trinajstić information content (AvgIpc) is 2.41. The van der Waals surface area contributed by atoms with Gasteiger partial charge in [-0.1, -0.05) is 0 Å². The number of aromatic carboxylic acids is 2. The van der Waals surface area contributed by atoms with Gasteiger partial charge in [-0.3, -0.25) is 0 Å². The molecule has 0 saturated carbocycles. The monoisotopic (exact) mass is 346 g/mol. The first-order valence-electron chi connectivity index (χ1n) is 6.48. The van der Waals surface area contributed by atoms with E-state index >= 15 is 0 Å². The molecule has 0 aliphatic carbocycles. The standard InChI is InChI=1S/C14H18O6S2/c1-7(15)5-21-11-3-10(14(19)20)12(22-6-8(2)16)4-9(11)13(17)18/h3-4,7-8,15-16H,5-6H2,1-2H3,(H,17,18)(H,19,20)/t7-,8-/m0/s1. The summed E-state index contributed by atoms with van der Waals surface area (Å²) in [5.41, 5.74) is -0.0208. The Morgan fingerprint density at radius 1 is 0.909 bits per heavy atom. The third-order valence-corrected chi connectivity index (χ3v) is 5.10. The Hall–Kier alpha value is -1.22. The fourth-order valence-corrected chi connectivity index (χ4v) is 3.40. The second-order valence-corrected chi connectivity index (χ2v) is 6.90. The number of carboxylic acid groups (broad SMARTS) is 2. The molecule has 0 radical (unpaired) electrons. The molecule has 0 bridgehead atoms. The van der Waals surface area contributed by atoms with Crippen molar-refractivity contribution in [3.05, 3.63) is 23.3 Å². The van der Waals surface area contributed by atoms with Gasteiger partial charge in [-0.2, -0.15) is 0 Å². The van der Waals surface area contributed by atoms with Gasteiger partial charge in [0.1, 0.15) is 0 Å². The molecule has 0 aliphatic heterocycles. The first-order chi connectivity index (χ1) is 10.2. The van der Waals surface area contributed by atoms with E-state index in [1.165, 1.54) is 12.1 Å². The Kier molecular flexibility index (Phi) is 7.21. The van der Waals surface area contributed by atoms with E-state index in [1.54, 1.807) is 13.8 Å². The number of rotatable bonds is 8. The average molecular weight is 346 g/mol. The zero-order chi connectivity index (χ0) is 16.9. The third-order valence-electron chi connectivity index (χ3n) is 2.50. The molecule has 0 aromatic heterocycles. The fraction of sp³-hybridized carbons (Fsp3) is 0.429. The Balaban J connectivity index is 3.24. The van der Waals surface area contributed by atoms with Crippen LogP contribution in [-0.2, 0) is 0 Å². The van der Waals surface area contributed by atoms with E-state index in [4.69, 9.17) is 0 Å². The number of carbonyl (C=O) groups is 2. The predicted octanol–water partition coefficient (Wildman–Crippen LogP) is 2.03. The Morgan fingerprint density at radius 3 is 1.45 bits per heavy atom. The molecule has 2 atom stereocenters. The summed E-state index contributed by atoms with van der Waals surface area (Å²) >= 11 is 2.19. The largest absolute Gasteiger partial charge is 0.478 e. The van der Waals surface area contributed by atoms with E-state index in [1.807, 2.05) is 0 Å². The maximum atomic E-state index is 11.4. The lowest BCUT2D eigenvalue weighted by Gasteiger charge is -2.13. The highest BCUT2D eigenvalue weighted by atomic mass is 32.2. The number of aliphatic hydroxyl groups is 2. The maximum Gasteiger partial charge on any atom is 0.336 e. The summed E-state index contributed by atoms with van der Waals surface area (Å²) in [5.74, 6) is -1.80. The van der Waals surface area contributed by atoms with Crippen molar-refractivity contribution >= 4 is 35.5 Å². The first-order valence-corrected chi connectivity index (χ1v) is 8.45. The van der Waals surface area contributed by atoms with E-state index in [0.717, 1.165) is 23.5 Å². The molecule has 0 aliphatic rings. The van der Waals surface area contributed by atoms with Gasteiger partial charge in [-0.05, 0) is 26.0 Å². The molecule has 1 aromatic carbocycles. The van der Waals surface area contributed by atoms with Crippen LogP contribution in [0.15, 0.2) is 21.9 Å². The van der Waals surface area contributed by atoms with Crippen molar-refractivity contribution in [1.82, 2.24) is 0 Å². The molecule has 8 heteroatoms. The van der Waals surface area contributed by atoms with Gasteiger partial charge in [0.2, 0.25) is 0 Å². The lowest BCUT2D eigenvalue weighted by atomic mass is 10.1. The van der Waals surface area contributed by atoms with E-state index in [-0.39, 0.29) is 22.6 Å². The smallest absolute Gasteiger partial charge is 0.336 e. The van der Waals surface area contributed by atoms with Crippen LogP contribution in [0.5, 0.6) is 0 Å². The minimum Gasteiger partial charge on any atom is -0.478 e. The van der Waals surface area contributed by atoms with E-state index in [9.17, 15) is 30.0 Å². The topological polar surface area (TPSA) is 115 Å². The summed E-state index contributed by atoms with van der Waals surface area (Å²) < 4.78 is 0. The molecule has 1 aromatic rings. The van der Waals surface area contributed by atoms with Gasteiger partial charge in [0.15, 0.2) is 0 Å². The van der Waals surface area contributed by atoms with Crippen LogP contribution < -0.4 is 0 Å². The summed E-state index contributed by atoms with van der Waals surface area (Å²) in [6.45, 7) is 3.14. The zero-order valence-electron chi connectivity index (χ0n) is 12.1. The highest BCUT2D eigenvalue weighted by Crippen LogP contribution is 2.32. The van der Waals surface area contributed by atoms with Crippen molar-refractivity contribution in [1.29, 1.82) is 0 Å². The van der Waals surface area contributed by atoms with Crippen molar-refractivity contribution < 1.29 is 30.0 Å². The van der Waals surface area contributed by atoms with Gasteiger partial charge >= 0.3 is 11.9 Å². The van der Waals surface area contributed by atoms with Crippen LogP contribution in [0.1, 0.15) is 34.6 Å². The molecule has 0 spiro atoms. The summed E-state index contributed by atoms with van der Waals surface area (Å²) in [6, 6.07) is 2.62. The van der Waals surface area contributed by atoms with Crippen molar-refractivity contribution in [3.63, 3.8) is 0 Å².